The van der Waals surface area contributed by atoms with Crippen LogP contribution in [0.1, 0.15) is 21.5 Å². The van der Waals surface area contributed by atoms with Crippen LogP contribution in [0, 0.1) is 13.8 Å². The van der Waals surface area contributed by atoms with Crippen molar-refractivity contribution >= 4 is 5.91 Å². The molecule has 23 heavy (non-hydrogen) atoms. The fourth-order valence-electron chi connectivity index (χ4n) is 2.13. The van der Waals surface area contributed by atoms with Gasteiger partial charge in [-0.15, -0.1) is 0 Å². The molecule has 0 atom stereocenters. The summed E-state index contributed by atoms with van der Waals surface area (Å²) in [7, 11) is 3.47. The number of carbonyl (C=O) groups is 1. The summed E-state index contributed by atoms with van der Waals surface area (Å²) in [5, 5.41) is 0. The topological polar surface area (TPSA) is 38.8 Å². The van der Waals surface area contributed by atoms with E-state index in [4.69, 9.17) is 9.47 Å². The van der Waals surface area contributed by atoms with Crippen LogP contribution >= 0.6 is 0 Å². The lowest BCUT2D eigenvalue weighted by molar-refractivity contribution is 0.0827. The fraction of sp³-hybridized carbons (Fsp3) is 0.316. The minimum atomic E-state index is -0.0187. The zero-order valence-corrected chi connectivity index (χ0v) is 14.1. The second-order valence-corrected chi connectivity index (χ2v) is 5.69. The number of benzene rings is 2. The van der Waals surface area contributed by atoms with Crippen molar-refractivity contribution < 1.29 is 14.3 Å². The summed E-state index contributed by atoms with van der Waals surface area (Å²) in [4.78, 5) is 13.3. The molecule has 0 N–H and O–H groups in total. The van der Waals surface area contributed by atoms with Crippen LogP contribution in [0.25, 0.3) is 0 Å². The molecule has 4 heteroatoms. The monoisotopic (exact) mass is 313 g/mol. The maximum Gasteiger partial charge on any atom is 0.253 e. The average molecular weight is 313 g/mol. The molecule has 0 radical (unpaired) electrons. The Labute approximate surface area is 137 Å². The van der Waals surface area contributed by atoms with Gasteiger partial charge in [0.05, 0.1) is 0 Å². The number of hydrogen-bond donors (Lipinski definition) is 0. The highest BCUT2D eigenvalue weighted by atomic mass is 16.5. The van der Waals surface area contributed by atoms with Gasteiger partial charge in [0, 0.05) is 19.7 Å². The Kier molecular flexibility index (Phi) is 5.63. The van der Waals surface area contributed by atoms with Gasteiger partial charge in [0.25, 0.3) is 5.91 Å². The highest BCUT2D eigenvalue weighted by Gasteiger charge is 2.07. The SMILES string of the molecule is Cc1ccc(C)c(OCCOc2ccc(C(=O)N(C)C)cc2)c1. The summed E-state index contributed by atoms with van der Waals surface area (Å²) in [5.41, 5.74) is 2.93. The Morgan fingerprint density at radius 2 is 1.61 bits per heavy atom. The molecule has 0 aliphatic rings. The quantitative estimate of drug-likeness (QED) is 0.767. The smallest absolute Gasteiger partial charge is 0.253 e. The molecule has 2 aromatic carbocycles. The number of nitrogens with zero attached hydrogens (tertiary/aromatic N) is 1. The van der Waals surface area contributed by atoms with E-state index in [0.29, 0.717) is 18.8 Å². The number of rotatable bonds is 6. The highest BCUT2D eigenvalue weighted by molar-refractivity contribution is 5.93. The predicted molar refractivity (Wildman–Crippen MR) is 91.4 cm³/mol. The summed E-state index contributed by atoms with van der Waals surface area (Å²) in [6.45, 7) is 4.99. The van der Waals surface area contributed by atoms with Crippen LogP contribution in [-0.2, 0) is 0 Å². The lowest BCUT2D eigenvalue weighted by Crippen LogP contribution is -2.21. The van der Waals surface area contributed by atoms with Crippen molar-refractivity contribution in [1.29, 1.82) is 0 Å². The zero-order chi connectivity index (χ0) is 16.8. The number of ether oxygens (including phenoxy) is 2. The molecule has 0 unspecified atom stereocenters. The van der Waals surface area contributed by atoms with Gasteiger partial charge >= 0.3 is 0 Å². The first-order valence-corrected chi connectivity index (χ1v) is 7.62. The summed E-state index contributed by atoms with van der Waals surface area (Å²) in [6.07, 6.45) is 0. The molecule has 1 amide bonds. The number of hydrogen-bond acceptors (Lipinski definition) is 3. The van der Waals surface area contributed by atoms with E-state index in [9.17, 15) is 4.79 Å². The van der Waals surface area contributed by atoms with Gasteiger partial charge in [-0.25, -0.2) is 0 Å². The number of amides is 1. The molecule has 0 bridgehead atoms. The zero-order valence-electron chi connectivity index (χ0n) is 14.1. The molecule has 0 fully saturated rings. The van der Waals surface area contributed by atoms with Crippen LogP contribution in [0.5, 0.6) is 11.5 Å². The largest absolute Gasteiger partial charge is 0.490 e. The first kappa shape index (κ1) is 16.9. The van der Waals surface area contributed by atoms with Gasteiger partial charge in [-0.1, -0.05) is 12.1 Å². The van der Waals surface area contributed by atoms with Crippen molar-refractivity contribution in [2.75, 3.05) is 27.3 Å². The summed E-state index contributed by atoms with van der Waals surface area (Å²) in [5.74, 6) is 1.60. The first-order chi connectivity index (χ1) is 11.0. The van der Waals surface area contributed by atoms with E-state index in [0.717, 1.165) is 17.1 Å². The second kappa shape index (κ2) is 7.68. The Balaban J connectivity index is 1.82. The molecule has 0 heterocycles. The van der Waals surface area contributed by atoms with E-state index >= 15 is 0 Å². The summed E-state index contributed by atoms with van der Waals surface area (Å²) < 4.78 is 11.4. The Morgan fingerprint density at radius 3 is 2.26 bits per heavy atom. The van der Waals surface area contributed by atoms with E-state index in [2.05, 4.69) is 6.07 Å². The van der Waals surface area contributed by atoms with Crippen LogP contribution in [-0.4, -0.2) is 38.1 Å². The normalized spacial score (nSPS) is 10.3. The Bertz CT molecular complexity index is 663. The third-order valence-electron chi connectivity index (χ3n) is 3.46. The van der Waals surface area contributed by atoms with Crippen molar-refractivity contribution in [2.24, 2.45) is 0 Å². The van der Waals surface area contributed by atoms with Crippen LogP contribution in [0.3, 0.4) is 0 Å². The molecule has 4 nitrogen and oxygen atoms in total. The van der Waals surface area contributed by atoms with Crippen molar-refractivity contribution in [3.63, 3.8) is 0 Å². The van der Waals surface area contributed by atoms with Crippen LogP contribution < -0.4 is 9.47 Å². The van der Waals surface area contributed by atoms with Crippen molar-refractivity contribution in [3.8, 4) is 11.5 Å². The van der Waals surface area contributed by atoms with E-state index in [1.807, 2.05) is 26.0 Å². The van der Waals surface area contributed by atoms with Crippen LogP contribution in [0.2, 0.25) is 0 Å². The molecule has 0 saturated heterocycles. The van der Waals surface area contributed by atoms with E-state index < -0.39 is 0 Å². The first-order valence-electron chi connectivity index (χ1n) is 7.62. The molecule has 2 aromatic rings. The van der Waals surface area contributed by atoms with Gasteiger partial charge in [-0.3, -0.25) is 4.79 Å². The summed E-state index contributed by atoms with van der Waals surface area (Å²) in [6, 6.07) is 13.3. The average Bonchev–Trinajstić information content (AvgIpc) is 2.54. The van der Waals surface area contributed by atoms with Gasteiger partial charge in [0.1, 0.15) is 24.7 Å². The third-order valence-corrected chi connectivity index (χ3v) is 3.46. The Hall–Kier alpha value is -2.49. The van der Waals surface area contributed by atoms with E-state index in [1.165, 1.54) is 5.56 Å². The Morgan fingerprint density at radius 1 is 0.957 bits per heavy atom. The van der Waals surface area contributed by atoms with Gasteiger partial charge in [0.15, 0.2) is 0 Å². The van der Waals surface area contributed by atoms with Gasteiger partial charge < -0.3 is 14.4 Å². The van der Waals surface area contributed by atoms with Crippen LogP contribution in [0.4, 0.5) is 0 Å². The van der Waals surface area contributed by atoms with E-state index in [-0.39, 0.29) is 5.91 Å². The molecular formula is C19H23NO3. The molecule has 0 aliphatic heterocycles. The minimum Gasteiger partial charge on any atom is -0.490 e. The maximum absolute atomic E-state index is 11.8. The van der Waals surface area contributed by atoms with Gasteiger partial charge in [0.2, 0.25) is 0 Å². The molecule has 0 saturated carbocycles. The molecule has 2 rings (SSSR count). The minimum absolute atomic E-state index is 0.0187. The van der Waals surface area contributed by atoms with Crippen molar-refractivity contribution in [1.82, 2.24) is 4.90 Å². The number of aryl methyl sites for hydroxylation is 2. The fourth-order valence-corrected chi connectivity index (χ4v) is 2.13. The van der Waals surface area contributed by atoms with E-state index in [1.54, 1.807) is 43.3 Å². The number of carbonyl (C=O) groups excluding carboxylic acids is 1. The molecule has 122 valence electrons. The predicted octanol–water partition coefficient (Wildman–Crippen LogP) is 3.46. The molecular weight excluding hydrogens is 290 g/mol. The summed E-state index contributed by atoms with van der Waals surface area (Å²) >= 11 is 0. The third kappa shape index (κ3) is 4.74. The van der Waals surface area contributed by atoms with Crippen molar-refractivity contribution in [2.45, 2.75) is 13.8 Å². The lowest BCUT2D eigenvalue weighted by atomic mass is 10.1. The van der Waals surface area contributed by atoms with Gasteiger partial charge in [-0.2, -0.15) is 0 Å². The van der Waals surface area contributed by atoms with Crippen LogP contribution in [0.15, 0.2) is 42.5 Å². The maximum atomic E-state index is 11.8. The lowest BCUT2D eigenvalue weighted by Gasteiger charge is -2.12. The molecule has 0 spiro atoms. The standard InChI is InChI=1S/C19H23NO3/c1-14-5-6-15(2)18(13-14)23-12-11-22-17-9-7-16(8-10-17)19(21)20(3)4/h5-10,13H,11-12H2,1-4H3. The highest BCUT2D eigenvalue weighted by Crippen LogP contribution is 2.19. The molecule has 0 aromatic heterocycles. The van der Waals surface area contributed by atoms with Gasteiger partial charge in [-0.05, 0) is 55.3 Å². The second-order valence-electron chi connectivity index (χ2n) is 5.69. The van der Waals surface area contributed by atoms with Crippen molar-refractivity contribution in [3.05, 3.63) is 59.2 Å². The molecule has 0 aliphatic carbocycles.